The molecule has 21 aliphatic rings. The van der Waals surface area contributed by atoms with Gasteiger partial charge in [-0.3, -0.25) is 14.4 Å². The third-order valence-corrected chi connectivity index (χ3v) is 20.5. The van der Waals surface area contributed by atoms with Gasteiger partial charge >= 0.3 is 11.9 Å². The standard InChI is InChI=1S/C57H95NO40S2/c1-18(64)3-5-83-7-8-84-6-4-19(49(79)80)14-99-16-26-47-33(70)40(77)56(90-26)95-45-24(12-62)86-53(36(73)29(45)66)94-44-23(11-61)89-55(39(76)32(44)69)98-48-27(17-100-15-20(58-2)50(81)82)91-57(41(78)34(48)71)96-46-25(13-63)87-52(37(74)30(46)67)92-42-21(9-59)85-51(35(72)28(42)65)93-43-22(10-60)88-54(97-47)38(75)31(43)68/h19-48,51-63,65-78H,3-17H2,1-2H3,(H,79,80)(H,81,82)/t19-,20-,21?,22?,23?,24?,25?,26?,27?,28-,29-,30-,31-,32-,33-,34-,35?,36?,37?,38?,39?,40?,41?,42-,43-,44-,45-,46-,47-,48-,51-,52-,53+,54-,55+,56-,57+/m1/s1. The van der Waals surface area contributed by atoms with Crippen molar-refractivity contribution in [3.63, 3.8) is 0 Å². The quantitative estimate of drug-likeness (QED) is 0.0377. The highest BCUT2D eigenvalue weighted by Crippen LogP contribution is 2.40. The van der Waals surface area contributed by atoms with Crippen LogP contribution < -0.4 is 5.32 Å². The Hall–Kier alpha value is -2.13. The average molecular weight is 1500 g/mol. The van der Waals surface area contributed by atoms with Crippen LogP contribution in [0, 0.1) is 5.92 Å². The van der Waals surface area contributed by atoms with Crippen molar-refractivity contribution in [2.75, 3.05) is 89.5 Å². The Morgan fingerprint density at radius 1 is 0.350 bits per heavy atom. The van der Waals surface area contributed by atoms with Crippen molar-refractivity contribution in [1.82, 2.24) is 5.32 Å². The molecule has 0 aromatic rings. The van der Waals surface area contributed by atoms with E-state index in [9.17, 15) is 122 Å². The van der Waals surface area contributed by atoms with Crippen molar-refractivity contribution in [1.29, 1.82) is 0 Å². The summed E-state index contributed by atoms with van der Waals surface area (Å²) in [5, 5.41) is 239. The fourth-order valence-electron chi connectivity index (χ4n) is 12.3. The number of rotatable bonds is 25. The monoisotopic (exact) mass is 1500 g/mol. The lowest BCUT2D eigenvalue weighted by atomic mass is 9.95. The van der Waals surface area contributed by atoms with Gasteiger partial charge in [-0.25, -0.2) is 0 Å². The first-order valence-electron chi connectivity index (χ1n) is 32.3. The molecule has 0 radical (unpaired) electrons. The average Bonchev–Trinajstić information content (AvgIpc) is 0.780. The summed E-state index contributed by atoms with van der Waals surface area (Å²) in [5.41, 5.74) is 0. The summed E-state index contributed by atoms with van der Waals surface area (Å²) in [5.74, 6) is -4.85. The molecule has 22 N–H and O–H groups in total. The molecule has 21 fully saturated rings. The van der Waals surface area contributed by atoms with E-state index >= 15 is 0 Å². The highest BCUT2D eigenvalue weighted by atomic mass is 32.2. The number of nitrogens with one attached hydrogen (secondary N) is 1. The van der Waals surface area contributed by atoms with Crippen LogP contribution in [-0.2, 0) is 90.2 Å². The molecule has 43 heteroatoms. The molecule has 0 aliphatic carbocycles. The number of Topliss-reactive ketones (excluding diaryl/α,β-unsaturated/α-hetero) is 1. The number of ketones is 1. The molecule has 0 aromatic carbocycles. The number of ether oxygens (including phenoxy) is 16. The minimum Gasteiger partial charge on any atom is -0.481 e. The van der Waals surface area contributed by atoms with Crippen LogP contribution in [-0.4, -0.2) is 435 Å². The zero-order chi connectivity index (χ0) is 73.1. The molecule has 580 valence electrons. The van der Waals surface area contributed by atoms with Crippen LogP contribution in [0.4, 0.5) is 0 Å². The summed E-state index contributed by atoms with van der Waals surface area (Å²) < 4.78 is 93.5. The fourth-order valence-corrected chi connectivity index (χ4v) is 14.8. The molecule has 21 rings (SSSR count). The number of carbonyl (C=O) groups excluding carboxylic acids is 1. The van der Waals surface area contributed by atoms with Crippen molar-refractivity contribution in [2.24, 2.45) is 5.92 Å². The van der Waals surface area contributed by atoms with Crippen molar-refractivity contribution >= 4 is 41.2 Å². The van der Waals surface area contributed by atoms with Crippen molar-refractivity contribution in [3.05, 3.63) is 0 Å². The van der Waals surface area contributed by atoms with E-state index < -0.39 is 272 Å². The number of likely N-dealkylation sites (N-methyl/N-ethyl adjacent to an activating group) is 1. The summed E-state index contributed by atoms with van der Waals surface area (Å²) in [6, 6.07) is -1.18. The third-order valence-electron chi connectivity index (χ3n) is 18.2. The summed E-state index contributed by atoms with van der Waals surface area (Å²) in [6.07, 6.45) is -71.6. The summed E-state index contributed by atoms with van der Waals surface area (Å²) in [7, 11) is 1.35. The zero-order valence-electron chi connectivity index (χ0n) is 53.9. The molecule has 0 amide bonds. The number of aliphatic hydroxyl groups is 19. The molecule has 21 saturated heterocycles. The van der Waals surface area contributed by atoms with Gasteiger partial charge in [-0.05, 0) is 20.4 Å². The van der Waals surface area contributed by atoms with Crippen molar-refractivity contribution < 1.29 is 197 Å². The first kappa shape index (κ1) is 83.5. The predicted octanol–water partition coefficient (Wildman–Crippen LogP) is -13.0. The number of hydrogen-bond donors (Lipinski definition) is 22. The van der Waals surface area contributed by atoms with E-state index in [-0.39, 0.29) is 68.1 Å². The van der Waals surface area contributed by atoms with E-state index in [0.717, 1.165) is 23.5 Å². The van der Waals surface area contributed by atoms with Crippen LogP contribution in [0.25, 0.3) is 0 Å². The minimum absolute atomic E-state index is 0.0485. The Morgan fingerprint density at radius 2 is 0.600 bits per heavy atom. The van der Waals surface area contributed by atoms with E-state index in [4.69, 9.17) is 75.8 Å². The van der Waals surface area contributed by atoms with Crippen LogP contribution in [0.5, 0.6) is 0 Å². The molecule has 0 aromatic heterocycles. The Balaban J connectivity index is 1.09. The van der Waals surface area contributed by atoms with Gasteiger partial charge in [0.1, 0.15) is 171 Å². The van der Waals surface area contributed by atoms with Crippen LogP contribution in [0.3, 0.4) is 0 Å². The van der Waals surface area contributed by atoms with Crippen molar-refractivity contribution in [3.8, 4) is 0 Å². The number of aliphatic carboxylic acids is 2. The third kappa shape index (κ3) is 19.8. The van der Waals surface area contributed by atoms with Gasteiger partial charge in [0.2, 0.25) is 0 Å². The van der Waals surface area contributed by atoms with Gasteiger partial charge in [0, 0.05) is 36.0 Å². The molecule has 21 aliphatic heterocycles. The number of carboxylic acids is 2. The predicted molar refractivity (Wildman–Crippen MR) is 322 cm³/mol. The first-order chi connectivity index (χ1) is 47.6. The number of carbonyl (C=O) groups is 3. The Labute approximate surface area is 578 Å². The molecule has 0 spiro atoms. The normalized spacial score (nSPS) is 45.9. The van der Waals surface area contributed by atoms with E-state index in [1.54, 1.807) is 0 Å². The molecule has 100 heavy (non-hydrogen) atoms. The molecule has 41 nitrogen and oxygen atoms in total. The minimum atomic E-state index is -2.28. The number of carboxylic acid groups (broad SMARTS) is 2. The zero-order valence-corrected chi connectivity index (χ0v) is 55.6. The molecule has 0 saturated carbocycles. The Bertz CT molecular complexity index is 2490. The topological polar surface area (TPSA) is 636 Å². The maximum Gasteiger partial charge on any atom is 0.321 e. The molecular weight excluding hydrogens is 1400 g/mol. The Kier molecular flexibility index (Phi) is 32.2. The second-order valence-electron chi connectivity index (χ2n) is 25.0. The van der Waals surface area contributed by atoms with Crippen LogP contribution in [0.1, 0.15) is 19.8 Å². The highest BCUT2D eigenvalue weighted by Gasteiger charge is 2.60. The second kappa shape index (κ2) is 38.6. The van der Waals surface area contributed by atoms with Crippen LogP contribution in [0.15, 0.2) is 0 Å². The summed E-state index contributed by atoms with van der Waals surface area (Å²) in [4.78, 5) is 35.7. The van der Waals surface area contributed by atoms with Gasteiger partial charge in [0.05, 0.1) is 71.0 Å². The summed E-state index contributed by atoms with van der Waals surface area (Å²) >= 11 is 1.77. The van der Waals surface area contributed by atoms with Gasteiger partial charge in [-0.15, -0.1) is 0 Å². The lowest BCUT2D eigenvalue weighted by Crippen LogP contribution is -2.68. The van der Waals surface area contributed by atoms with E-state index in [0.29, 0.717) is 0 Å². The molecular formula is C57H95NO40S2. The largest absolute Gasteiger partial charge is 0.481 e. The molecule has 21 heterocycles. The van der Waals surface area contributed by atoms with Crippen LogP contribution >= 0.6 is 23.5 Å². The molecule has 14 bridgehead atoms. The van der Waals surface area contributed by atoms with Crippen molar-refractivity contribution in [2.45, 2.75) is 241 Å². The number of thioether (sulfide) groups is 2. The highest BCUT2D eigenvalue weighted by molar-refractivity contribution is 7.99. The number of aliphatic hydroxyl groups excluding tert-OH is 19. The Morgan fingerprint density at radius 3 is 0.840 bits per heavy atom. The van der Waals surface area contributed by atoms with E-state index in [1.165, 1.54) is 14.0 Å². The summed E-state index contributed by atoms with van der Waals surface area (Å²) in [6.45, 7) is -3.80. The van der Waals surface area contributed by atoms with Gasteiger partial charge in [0.15, 0.2) is 44.0 Å². The smallest absolute Gasteiger partial charge is 0.321 e. The van der Waals surface area contributed by atoms with Crippen LogP contribution in [0.2, 0.25) is 0 Å². The lowest BCUT2D eigenvalue weighted by molar-refractivity contribution is -0.395. The SMILES string of the molecule is CN[C@H](CSCC1O[C@H]2O[C@@H]3C(CO)O[C@H](O[C@@H]4C(CO)O[C@H](O[C@@H]5C(CO)O[C@H](O[C@@H]6C(CSC[C@@H](CCOCCOCCC(C)=O)C(=O)O)O[C@H](O[C@@H]7C(CO)O[C@@H](O[C@@H]8C(CO)O[C@@H](O[C@H]1[C@H](O)C2O)C(O)[C@H]8O)C(O)[C@H]7O)C(O)[C@H]6O)C(O)[C@H]5O)C(O)[C@H]4O)C(O)[C@H]3O)C(=O)O. The molecule has 14 unspecified atom stereocenters. The maximum absolute atomic E-state index is 12.5. The molecule has 37 atom stereocenters. The van der Waals surface area contributed by atoms with E-state index in [2.05, 4.69) is 5.32 Å². The second-order valence-corrected chi connectivity index (χ2v) is 27.2. The van der Waals surface area contributed by atoms with Gasteiger partial charge < -0.3 is 188 Å². The fraction of sp³-hybridized carbons (Fsp3) is 0.947. The van der Waals surface area contributed by atoms with Gasteiger partial charge in [0.25, 0.3) is 0 Å². The first-order valence-corrected chi connectivity index (χ1v) is 34.6. The number of hydrogen-bond acceptors (Lipinski definition) is 41. The lowest BCUT2D eigenvalue weighted by Gasteiger charge is -2.50. The van der Waals surface area contributed by atoms with Gasteiger partial charge in [-0.2, -0.15) is 23.5 Å². The maximum atomic E-state index is 12.5. The van der Waals surface area contributed by atoms with Gasteiger partial charge in [-0.1, -0.05) is 0 Å². The van der Waals surface area contributed by atoms with E-state index in [1.807, 2.05) is 0 Å².